The second-order valence-electron chi connectivity index (χ2n) is 6.20. The van der Waals surface area contributed by atoms with Crippen LogP contribution in [0.3, 0.4) is 0 Å². The van der Waals surface area contributed by atoms with Gasteiger partial charge in [0.1, 0.15) is 5.75 Å². The first-order valence-corrected chi connectivity index (χ1v) is 8.26. The summed E-state index contributed by atoms with van der Waals surface area (Å²) in [4.78, 5) is 0. The Labute approximate surface area is 133 Å². The second kappa shape index (κ2) is 7.46. The molecule has 0 heterocycles. The monoisotopic (exact) mass is 295 g/mol. The second-order valence-corrected chi connectivity index (χ2v) is 6.20. The fourth-order valence-corrected chi connectivity index (χ4v) is 3.41. The molecule has 22 heavy (non-hydrogen) atoms. The predicted octanol–water partition coefficient (Wildman–Crippen LogP) is 4.51. The molecule has 1 aliphatic rings. The van der Waals surface area contributed by atoms with Gasteiger partial charge in [-0.05, 0) is 48.4 Å². The summed E-state index contributed by atoms with van der Waals surface area (Å²) in [7, 11) is 1.72. The van der Waals surface area contributed by atoms with E-state index in [0.717, 1.165) is 12.3 Å². The van der Waals surface area contributed by atoms with Gasteiger partial charge in [-0.2, -0.15) is 0 Å². The van der Waals surface area contributed by atoms with E-state index in [1.807, 2.05) is 0 Å². The summed E-state index contributed by atoms with van der Waals surface area (Å²) < 4.78 is 5.25. The Morgan fingerprint density at radius 2 is 1.77 bits per heavy atom. The van der Waals surface area contributed by atoms with E-state index in [1.165, 1.54) is 36.8 Å². The first kappa shape index (κ1) is 15.1. The van der Waals surface area contributed by atoms with Crippen molar-refractivity contribution in [2.24, 2.45) is 0 Å². The summed E-state index contributed by atoms with van der Waals surface area (Å²) in [5.74, 6) is 1.62. The van der Waals surface area contributed by atoms with E-state index >= 15 is 0 Å². The molecule has 1 N–H and O–H groups in total. The molecule has 116 valence electrons. The molecule has 0 aliphatic heterocycles. The van der Waals surface area contributed by atoms with Crippen molar-refractivity contribution in [2.75, 3.05) is 7.11 Å². The van der Waals surface area contributed by atoms with E-state index in [4.69, 9.17) is 4.74 Å². The van der Waals surface area contributed by atoms with E-state index < -0.39 is 0 Å². The predicted molar refractivity (Wildman–Crippen MR) is 91.3 cm³/mol. The van der Waals surface area contributed by atoms with Gasteiger partial charge >= 0.3 is 0 Å². The summed E-state index contributed by atoms with van der Waals surface area (Å²) in [5, 5.41) is 3.74. The molecule has 0 spiro atoms. The minimum Gasteiger partial charge on any atom is -0.497 e. The van der Waals surface area contributed by atoms with Crippen LogP contribution in [0.5, 0.6) is 5.75 Å². The molecule has 1 saturated carbocycles. The third kappa shape index (κ3) is 3.89. The number of ether oxygens (including phenoxy) is 1. The van der Waals surface area contributed by atoms with Gasteiger partial charge in [0, 0.05) is 12.6 Å². The summed E-state index contributed by atoms with van der Waals surface area (Å²) in [5.41, 5.74) is 2.82. The van der Waals surface area contributed by atoms with Crippen LogP contribution in [-0.2, 0) is 6.54 Å². The van der Waals surface area contributed by atoms with Crippen molar-refractivity contribution in [1.82, 2.24) is 5.32 Å². The van der Waals surface area contributed by atoms with Crippen LogP contribution in [0.15, 0.2) is 54.6 Å². The van der Waals surface area contributed by atoms with Crippen LogP contribution in [0.4, 0.5) is 0 Å². The molecule has 0 aromatic heterocycles. The van der Waals surface area contributed by atoms with E-state index in [-0.39, 0.29) is 0 Å². The summed E-state index contributed by atoms with van der Waals surface area (Å²) in [6, 6.07) is 19.9. The van der Waals surface area contributed by atoms with Crippen molar-refractivity contribution in [2.45, 2.75) is 44.2 Å². The molecule has 0 bridgehead atoms. The third-order valence-corrected chi connectivity index (χ3v) is 4.70. The van der Waals surface area contributed by atoms with Crippen molar-refractivity contribution in [3.8, 4) is 5.75 Å². The maximum atomic E-state index is 5.25. The van der Waals surface area contributed by atoms with Crippen LogP contribution < -0.4 is 10.1 Å². The number of methoxy groups -OCH3 is 1. The Bertz CT molecular complexity index is 564. The third-order valence-electron chi connectivity index (χ3n) is 4.70. The maximum Gasteiger partial charge on any atom is 0.118 e. The highest BCUT2D eigenvalue weighted by Crippen LogP contribution is 2.33. The van der Waals surface area contributed by atoms with Crippen LogP contribution in [0.25, 0.3) is 0 Å². The van der Waals surface area contributed by atoms with Crippen LogP contribution in [0.1, 0.15) is 42.7 Å². The average molecular weight is 295 g/mol. The summed E-state index contributed by atoms with van der Waals surface area (Å²) in [6.07, 6.45) is 5.14. The van der Waals surface area contributed by atoms with Gasteiger partial charge in [-0.1, -0.05) is 48.9 Å². The smallest absolute Gasteiger partial charge is 0.118 e. The SMILES string of the molecule is COc1ccc([C@@H]2CCC[C@H](NCc3ccccc3)C2)cc1. The van der Waals surface area contributed by atoms with Gasteiger partial charge in [-0.15, -0.1) is 0 Å². The average Bonchev–Trinajstić information content (AvgIpc) is 2.61. The highest BCUT2D eigenvalue weighted by molar-refractivity contribution is 5.29. The minimum absolute atomic E-state index is 0.626. The molecular formula is C20H25NO. The zero-order valence-electron chi connectivity index (χ0n) is 13.3. The molecule has 1 aliphatic carbocycles. The number of hydrogen-bond donors (Lipinski definition) is 1. The molecule has 0 amide bonds. The lowest BCUT2D eigenvalue weighted by Gasteiger charge is -2.30. The highest BCUT2D eigenvalue weighted by Gasteiger charge is 2.22. The fraction of sp³-hybridized carbons (Fsp3) is 0.400. The number of hydrogen-bond acceptors (Lipinski definition) is 2. The Morgan fingerprint density at radius 3 is 2.50 bits per heavy atom. The Balaban J connectivity index is 1.56. The van der Waals surface area contributed by atoms with Gasteiger partial charge in [0.15, 0.2) is 0 Å². The Hall–Kier alpha value is -1.80. The van der Waals surface area contributed by atoms with Crippen molar-refractivity contribution < 1.29 is 4.74 Å². The van der Waals surface area contributed by atoms with Crippen molar-refractivity contribution in [3.63, 3.8) is 0 Å². The lowest BCUT2D eigenvalue weighted by Crippen LogP contribution is -2.33. The normalized spacial score (nSPS) is 21.5. The standard InChI is InChI=1S/C20H25NO/c1-22-20-12-10-17(11-13-20)18-8-5-9-19(14-18)21-15-16-6-3-2-4-7-16/h2-4,6-7,10-13,18-19,21H,5,8-9,14-15H2,1H3/t18-,19+/m1/s1. The van der Waals surface area contributed by atoms with Crippen LogP contribution in [0, 0.1) is 0 Å². The summed E-state index contributed by atoms with van der Waals surface area (Å²) in [6.45, 7) is 0.973. The van der Waals surface area contributed by atoms with Gasteiger partial charge in [-0.25, -0.2) is 0 Å². The quantitative estimate of drug-likeness (QED) is 0.876. The Kier molecular flexibility index (Phi) is 5.12. The molecule has 2 atom stereocenters. The van der Waals surface area contributed by atoms with E-state index in [0.29, 0.717) is 12.0 Å². The van der Waals surface area contributed by atoms with Crippen LogP contribution in [-0.4, -0.2) is 13.2 Å². The largest absolute Gasteiger partial charge is 0.497 e. The van der Waals surface area contributed by atoms with E-state index in [1.54, 1.807) is 7.11 Å². The van der Waals surface area contributed by atoms with Crippen LogP contribution >= 0.6 is 0 Å². The van der Waals surface area contributed by atoms with Crippen molar-refractivity contribution in [1.29, 1.82) is 0 Å². The Morgan fingerprint density at radius 1 is 1.00 bits per heavy atom. The summed E-state index contributed by atoms with van der Waals surface area (Å²) >= 11 is 0. The molecule has 2 nitrogen and oxygen atoms in total. The first-order valence-electron chi connectivity index (χ1n) is 8.26. The van der Waals surface area contributed by atoms with Crippen LogP contribution in [0.2, 0.25) is 0 Å². The zero-order chi connectivity index (χ0) is 15.2. The maximum absolute atomic E-state index is 5.25. The molecule has 0 saturated heterocycles. The minimum atomic E-state index is 0.626. The van der Waals surface area contributed by atoms with Crippen molar-refractivity contribution in [3.05, 3.63) is 65.7 Å². The van der Waals surface area contributed by atoms with E-state index in [9.17, 15) is 0 Å². The van der Waals surface area contributed by atoms with Gasteiger partial charge in [0.25, 0.3) is 0 Å². The van der Waals surface area contributed by atoms with E-state index in [2.05, 4.69) is 59.9 Å². The molecule has 3 rings (SSSR count). The first-order chi connectivity index (χ1) is 10.8. The number of nitrogens with one attached hydrogen (secondary N) is 1. The number of benzene rings is 2. The molecule has 2 heteroatoms. The molecule has 0 radical (unpaired) electrons. The number of rotatable bonds is 5. The van der Waals surface area contributed by atoms with Gasteiger partial charge in [0.05, 0.1) is 7.11 Å². The van der Waals surface area contributed by atoms with Gasteiger partial charge in [0.2, 0.25) is 0 Å². The topological polar surface area (TPSA) is 21.3 Å². The lowest BCUT2D eigenvalue weighted by atomic mass is 9.81. The highest BCUT2D eigenvalue weighted by atomic mass is 16.5. The van der Waals surface area contributed by atoms with Crippen molar-refractivity contribution >= 4 is 0 Å². The molecule has 2 aromatic carbocycles. The molecule has 1 fully saturated rings. The molecule has 0 unspecified atom stereocenters. The van der Waals surface area contributed by atoms with Gasteiger partial charge in [-0.3, -0.25) is 0 Å². The molecule has 2 aromatic rings. The fourth-order valence-electron chi connectivity index (χ4n) is 3.41. The lowest BCUT2D eigenvalue weighted by molar-refractivity contribution is 0.338. The van der Waals surface area contributed by atoms with Gasteiger partial charge < -0.3 is 10.1 Å². The zero-order valence-corrected chi connectivity index (χ0v) is 13.3. The molecular weight excluding hydrogens is 270 g/mol.